The van der Waals surface area contributed by atoms with E-state index < -0.39 is 23.6 Å². The number of benzene rings is 1. The zero-order valence-electron chi connectivity index (χ0n) is 17.3. The highest BCUT2D eigenvalue weighted by Crippen LogP contribution is 2.18. The van der Waals surface area contributed by atoms with Crippen molar-refractivity contribution in [2.45, 2.75) is 58.8 Å². The highest BCUT2D eigenvalue weighted by molar-refractivity contribution is 5.95. The molecule has 6 nitrogen and oxygen atoms in total. The van der Waals surface area contributed by atoms with Gasteiger partial charge in [-0.25, -0.2) is 4.79 Å². The fraction of sp³-hybridized carbons (Fsp3) is 0.500. The van der Waals surface area contributed by atoms with Gasteiger partial charge in [0.15, 0.2) is 0 Å². The molecular weight excluding hydrogens is 360 g/mol. The number of carbonyl (C=O) groups excluding carboxylic acids is 3. The molecule has 154 valence electrons. The lowest BCUT2D eigenvalue weighted by Crippen LogP contribution is -2.27. The van der Waals surface area contributed by atoms with E-state index in [0.717, 1.165) is 5.56 Å². The maximum absolute atomic E-state index is 12.3. The van der Waals surface area contributed by atoms with Crippen LogP contribution in [0.25, 0.3) is 0 Å². The normalized spacial score (nSPS) is 13.8. The first-order valence-electron chi connectivity index (χ1n) is 9.26. The van der Waals surface area contributed by atoms with Crippen molar-refractivity contribution < 1.29 is 28.6 Å². The van der Waals surface area contributed by atoms with Crippen LogP contribution in [0.15, 0.2) is 42.5 Å². The average Bonchev–Trinajstić information content (AvgIpc) is 2.60. The molecule has 1 rings (SSSR count). The first-order valence-corrected chi connectivity index (χ1v) is 9.26. The Labute approximate surface area is 166 Å². The summed E-state index contributed by atoms with van der Waals surface area (Å²) in [6.07, 6.45) is 2.23. The van der Waals surface area contributed by atoms with E-state index in [4.69, 9.17) is 9.47 Å². The Hall–Kier alpha value is -2.47. The Bertz CT molecular complexity index is 672. The van der Waals surface area contributed by atoms with E-state index in [1.807, 2.05) is 37.3 Å². The van der Waals surface area contributed by atoms with Crippen LogP contribution in [0, 0.1) is 5.92 Å². The summed E-state index contributed by atoms with van der Waals surface area (Å²) in [6, 6.07) is 9.59. The third-order valence-electron chi connectivity index (χ3n) is 3.78. The molecule has 0 aliphatic heterocycles. The molecule has 0 aliphatic carbocycles. The number of Topliss-reactive ketones (excluding diaryl/α,β-unsaturated/α-hetero) is 1. The van der Waals surface area contributed by atoms with Gasteiger partial charge in [-0.1, -0.05) is 37.3 Å². The topological polar surface area (TPSA) is 78.9 Å². The lowest BCUT2D eigenvalue weighted by Gasteiger charge is -2.22. The minimum absolute atomic E-state index is 0.129. The number of ether oxygens (including phenoxy) is 3. The van der Waals surface area contributed by atoms with E-state index in [0.29, 0.717) is 6.61 Å². The van der Waals surface area contributed by atoms with Gasteiger partial charge in [-0.05, 0) is 38.3 Å². The quantitative estimate of drug-likeness (QED) is 0.345. The predicted molar refractivity (Wildman–Crippen MR) is 105 cm³/mol. The van der Waals surface area contributed by atoms with Crippen molar-refractivity contribution in [1.29, 1.82) is 0 Å². The minimum atomic E-state index is -0.631. The smallest absolute Gasteiger partial charge is 0.330 e. The zero-order chi connectivity index (χ0) is 21.2. The summed E-state index contributed by atoms with van der Waals surface area (Å²) in [5.41, 5.74) is 0.347. The molecule has 0 spiro atoms. The summed E-state index contributed by atoms with van der Waals surface area (Å²) in [5, 5.41) is 0. The van der Waals surface area contributed by atoms with E-state index in [2.05, 4.69) is 4.74 Å². The van der Waals surface area contributed by atoms with Crippen molar-refractivity contribution in [3.63, 3.8) is 0 Å². The van der Waals surface area contributed by atoms with Crippen molar-refractivity contribution in [2.24, 2.45) is 5.92 Å². The number of ketones is 1. The van der Waals surface area contributed by atoms with Crippen LogP contribution in [-0.4, -0.2) is 36.5 Å². The standard InChI is InChI=1S/C22H30O6/c1-16(13-18(23)14-21(25)28-22(2,3)4)19(11-12-20(24)26-5)27-15-17-9-7-6-8-10-17/h6-12,16,19H,13-15H2,1-5H3/b12-11+/t16-,19-/m0/s1. The van der Waals surface area contributed by atoms with E-state index >= 15 is 0 Å². The lowest BCUT2D eigenvalue weighted by atomic mass is 9.96. The molecule has 0 amide bonds. The largest absolute Gasteiger partial charge is 0.466 e. The SMILES string of the molecule is COC(=O)/C=C/[C@H](OCc1ccccc1)[C@@H](C)CC(=O)CC(=O)OC(C)(C)C. The molecule has 0 aromatic heterocycles. The van der Waals surface area contributed by atoms with Crippen LogP contribution in [0.2, 0.25) is 0 Å². The number of hydrogen-bond acceptors (Lipinski definition) is 6. The van der Waals surface area contributed by atoms with Gasteiger partial charge in [-0.2, -0.15) is 0 Å². The summed E-state index contributed by atoms with van der Waals surface area (Å²) in [6.45, 7) is 7.43. The van der Waals surface area contributed by atoms with Gasteiger partial charge in [0, 0.05) is 12.5 Å². The molecule has 0 radical (unpaired) electrons. The van der Waals surface area contributed by atoms with Crippen molar-refractivity contribution in [3.05, 3.63) is 48.0 Å². The Balaban J connectivity index is 2.70. The monoisotopic (exact) mass is 390 g/mol. The number of methoxy groups -OCH3 is 1. The summed E-state index contributed by atoms with van der Waals surface area (Å²) >= 11 is 0. The van der Waals surface area contributed by atoms with Crippen LogP contribution in [0.5, 0.6) is 0 Å². The minimum Gasteiger partial charge on any atom is -0.466 e. The summed E-state index contributed by atoms with van der Waals surface area (Å²) in [4.78, 5) is 35.5. The number of hydrogen-bond donors (Lipinski definition) is 0. The van der Waals surface area contributed by atoms with Crippen LogP contribution in [0.3, 0.4) is 0 Å². The number of esters is 2. The van der Waals surface area contributed by atoms with Crippen LogP contribution in [-0.2, 0) is 35.2 Å². The molecule has 0 heterocycles. The second-order valence-electron chi connectivity index (χ2n) is 7.63. The molecule has 1 aromatic carbocycles. The molecule has 0 fully saturated rings. The molecule has 0 bridgehead atoms. The third kappa shape index (κ3) is 10.0. The Morgan fingerprint density at radius 2 is 1.75 bits per heavy atom. The van der Waals surface area contributed by atoms with E-state index in [1.54, 1.807) is 26.8 Å². The molecule has 0 saturated carbocycles. The first-order chi connectivity index (χ1) is 13.1. The number of carbonyl (C=O) groups is 3. The van der Waals surface area contributed by atoms with Crippen LogP contribution in [0.1, 0.15) is 46.1 Å². The van der Waals surface area contributed by atoms with Crippen molar-refractivity contribution in [1.82, 2.24) is 0 Å². The van der Waals surface area contributed by atoms with E-state index in [1.165, 1.54) is 13.2 Å². The average molecular weight is 390 g/mol. The molecule has 0 N–H and O–H groups in total. The van der Waals surface area contributed by atoms with Gasteiger partial charge in [0.1, 0.15) is 17.8 Å². The van der Waals surface area contributed by atoms with E-state index in [9.17, 15) is 14.4 Å². The van der Waals surface area contributed by atoms with E-state index in [-0.39, 0.29) is 24.5 Å². The maximum atomic E-state index is 12.3. The van der Waals surface area contributed by atoms with Crippen molar-refractivity contribution in [2.75, 3.05) is 7.11 Å². The molecule has 2 atom stereocenters. The summed E-state index contributed by atoms with van der Waals surface area (Å²) in [5.74, 6) is -1.52. The maximum Gasteiger partial charge on any atom is 0.330 e. The molecule has 28 heavy (non-hydrogen) atoms. The van der Waals surface area contributed by atoms with Gasteiger partial charge in [-0.15, -0.1) is 0 Å². The highest BCUT2D eigenvalue weighted by atomic mass is 16.6. The fourth-order valence-corrected chi connectivity index (χ4v) is 2.50. The lowest BCUT2D eigenvalue weighted by molar-refractivity contribution is -0.156. The molecule has 1 aromatic rings. The summed E-state index contributed by atoms with van der Waals surface area (Å²) < 4.78 is 15.7. The van der Waals surface area contributed by atoms with Gasteiger partial charge in [0.05, 0.1) is 19.8 Å². The van der Waals surface area contributed by atoms with Gasteiger partial charge < -0.3 is 14.2 Å². The van der Waals surface area contributed by atoms with Crippen LogP contribution in [0.4, 0.5) is 0 Å². The van der Waals surface area contributed by atoms with Gasteiger partial charge in [-0.3, -0.25) is 9.59 Å². The summed E-state index contributed by atoms with van der Waals surface area (Å²) in [7, 11) is 1.29. The molecule has 0 unspecified atom stereocenters. The second-order valence-corrected chi connectivity index (χ2v) is 7.63. The first kappa shape index (κ1) is 23.6. The molecular formula is C22H30O6. The van der Waals surface area contributed by atoms with Gasteiger partial charge in [0.25, 0.3) is 0 Å². The molecule has 6 heteroatoms. The fourth-order valence-electron chi connectivity index (χ4n) is 2.50. The Morgan fingerprint density at radius 1 is 1.11 bits per heavy atom. The Morgan fingerprint density at radius 3 is 2.32 bits per heavy atom. The van der Waals surface area contributed by atoms with Gasteiger partial charge in [0.2, 0.25) is 0 Å². The van der Waals surface area contributed by atoms with Crippen molar-refractivity contribution >= 4 is 17.7 Å². The van der Waals surface area contributed by atoms with Gasteiger partial charge >= 0.3 is 11.9 Å². The predicted octanol–water partition coefficient (Wildman–Crippen LogP) is 3.63. The number of rotatable bonds is 10. The zero-order valence-corrected chi connectivity index (χ0v) is 17.3. The Kier molecular flexibility index (Phi) is 9.59. The van der Waals surface area contributed by atoms with Crippen LogP contribution < -0.4 is 0 Å². The molecule has 0 aliphatic rings. The van der Waals surface area contributed by atoms with Crippen LogP contribution >= 0.6 is 0 Å². The highest BCUT2D eigenvalue weighted by Gasteiger charge is 2.23. The second kappa shape index (κ2) is 11.4. The third-order valence-corrected chi connectivity index (χ3v) is 3.78. The molecule has 0 saturated heterocycles. The van der Waals surface area contributed by atoms with Crippen molar-refractivity contribution in [3.8, 4) is 0 Å².